The van der Waals surface area contributed by atoms with E-state index >= 15 is 0 Å². The average Bonchev–Trinajstić information content (AvgIpc) is 2.71. The van der Waals surface area contributed by atoms with Crippen LogP contribution in [0.15, 0.2) is 77.7 Å². The van der Waals surface area contributed by atoms with Gasteiger partial charge < -0.3 is 5.32 Å². The molecule has 0 spiro atoms. The number of benzene rings is 3. The van der Waals surface area contributed by atoms with Crippen molar-refractivity contribution in [1.82, 2.24) is 4.72 Å². The molecule has 1 amide bonds. The SMILES string of the molecule is Cc1ccc(Cl)cc1NC(=O)[C@@H](Cc1ccccc1)NS(=O)(=O)c1ccc(Cl)cc1. The van der Waals surface area contributed by atoms with E-state index in [1.807, 2.05) is 37.3 Å². The Kier molecular flexibility index (Phi) is 7.15. The van der Waals surface area contributed by atoms with Crippen LogP contribution >= 0.6 is 23.2 Å². The van der Waals surface area contributed by atoms with Crippen molar-refractivity contribution >= 4 is 44.8 Å². The molecule has 2 N–H and O–H groups in total. The van der Waals surface area contributed by atoms with Crippen molar-refractivity contribution in [1.29, 1.82) is 0 Å². The number of hydrogen-bond donors (Lipinski definition) is 2. The van der Waals surface area contributed by atoms with Gasteiger partial charge in [-0.3, -0.25) is 4.79 Å². The zero-order valence-corrected chi connectivity index (χ0v) is 18.4. The first-order valence-corrected chi connectivity index (χ1v) is 11.4. The van der Waals surface area contributed by atoms with Crippen LogP contribution in [0.25, 0.3) is 0 Å². The molecule has 3 rings (SSSR count). The van der Waals surface area contributed by atoms with E-state index < -0.39 is 22.0 Å². The zero-order chi connectivity index (χ0) is 21.7. The van der Waals surface area contributed by atoms with Crippen molar-refractivity contribution in [2.75, 3.05) is 5.32 Å². The lowest BCUT2D eigenvalue weighted by molar-refractivity contribution is -0.117. The predicted molar refractivity (Wildman–Crippen MR) is 121 cm³/mol. The maximum absolute atomic E-state index is 13.0. The number of nitrogens with one attached hydrogen (secondary N) is 2. The number of anilines is 1. The maximum atomic E-state index is 13.0. The minimum absolute atomic E-state index is 0.0247. The highest BCUT2D eigenvalue weighted by Crippen LogP contribution is 2.21. The highest BCUT2D eigenvalue weighted by atomic mass is 35.5. The van der Waals surface area contributed by atoms with E-state index in [9.17, 15) is 13.2 Å². The first-order valence-electron chi connectivity index (χ1n) is 9.13. The Hall–Kier alpha value is -2.38. The fraction of sp³-hybridized carbons (Fsp3) is 0.136. The smallest absolute Gasteiger partial charge is 0.242 e. The van der Waals surface area contributed by atoms with Crippen LogP contribution in [-0.4, -0.2) is 20.4 Å². The standard InChI is InChI=1S/C22H20Cl2N2O3S/c1-15-7-8-18(24)14-20(15)25-22(27)21(13-16-5-3-2-4-6-16)26-30(28,29)19-11-9-17(23)10-12-19/h2-12,14,21,26H,13H2,1H3,(H,25,27)/t21-/m1/s1. The van der Waals surface area contributed by atoms with E-state index in [1.165, 1.54) is 24.3 Å². The molecule has 0 radical (unpaired) electrons. The largest absolute Gasteiger partial charge is 0.324 e. The maximum Gasteiger partial charge on any atom is 0.242 e. The van der Waals surface area contributed by atoms with Crippen LogP contribution in [0.5, 0.6) is 0 Å². The molecule has 0 bridgehead atoms. The summed E-state index contributed by atoms with van der Waals surface area (Å²) in [6.45, 7) is 1.83. The fourth-order valence-electron chi connectivity index (χ4n) is 2.86. The summed E-state index contributed by atoms with van der Waals surface area (Å²) >= 11 is 11.9. The van der Waals surface area contributed by atoms with Gasteiger partial charge in [0.2, 0.25) is 15.9 Å². The van der Waals surface area contributed by atoms with Gasteiger partial charge in [-0.05, 0) is 60.9 Å². The molecule has 0 aliphatic heterocycles. The zero-order valence-electron chi connectivity index (χ0n) is 16.1. The lowest BCUT2D eigenvalue weighted by Gasteiger charge is -2.19. The third-order valence-corrected chi connectivity index (χ3v) is 6.45. The second kappa shape index (κ2) is 9.62. The molecule has 8 heteroatoms. The van der Waals surface area contributed by atoms with E-state index in [4.69, 9.17) is 23.2 Å². The number of carbonyl (C=O) groups is 1. The molecule has 0 heterocycles. The minimum atomic E-state index is -3.95. The number of sulfonamides is 1. The van der Waals surface area contributed by atoms with Gasteiger partial charge in [-0.2, -0.15) is 4.72 Å². The van der Waals surface area contributed by atoms with Crippen LogP contribution < -0.4 is 10.0 Å². The number of halogens is 2. The Bertz CT molecular complexity index is 1130. The van der Waals surface area contributed by atoms with Crippen molar-refractivity contribution in [3.8, 4) is 0 Å². The van der Waals surface area contributed by atoms with E-state index in [1.54, 1.807) is 18.2 Å². The monoisotopic (exact) mass is 462 g/mol. The van der Waals surface area contributed by atoms with Crippen molar-refractivity contribution in [3.63, 3.8) is 0 Å². The summed E-state index contributed by atoms with van der Waals surface area (Å²) in [4.78, 5) is 13.1. The Morgan fingerprint density at radius 3 is 2.23 bits per heavy atom. The number of rotatable bonds is 7. The highest BCUT2D eigenvalue weighted by Gasteiger charge is 2.26. The third kappa shape index (κ3) is 5.83. The van der Waals surface area contributed by atoms with Gasteiger partial charge in [0.05, 0.1) is 4.90 Å². The normalized spacial score (nSPS) is 12.4. The Balaban J connectivity index is 1.88. The fourth-order valence-corrected chi connectivity index (χ4v) is 4.35. The van der Waals surface area contributed by atoms with Gasteiger partial charge in [0, 0.05) is 15.7 Å². The van der Waals surface area contributed by atoms with Crippen molar-refractivity contribution < 1.29 is 13.2 Å². The Morgan fingerprint density at radius 2 is 1.57 bits per heavy atom. The van der Waals surface area contributed by atoms with E-state index in [2.05, 4.69) is 10.0 Å². The Labute approximate surface area is 186 Å². The molecule has 156 valence electrons. The first kappa shape index (κ1) is 22.3. The molecule has 0 aliphatic carbocycles. The molecule has 0 aromatic heterocycles. The molecule has 0 saturated heterocycles. The number of aryl methyl sites for hydroxylation is 1. The summed E-state index contributed by atoms with van der Waals surface area (Å²) in [7, 11) is -3.95. The molecule has 0 saturated carbocycles. The van der Waals surface area contributed by atoms with Crippen LogP contribution in [-0.2, 0) is 21.2 Å². The number of hydrogen-bond acceptors (Lipinski definition) is 3. The predicted octanol–water partition coefficient (Wildman–Crippen LogP) is 4.83. The number of amides is 1. The summed E-state index contributed by atoms with van der Waals surface area (Å²) in [5, 5.41) is 3.67. The van der Waals surface area contributed by atoms with Gasteiger partial charge in [-0.25, -0.2) is 8.42 Å². The summed E-state index contributed by atoms with van der Waals surface area (Å²) < 4.78 is 28.2. The molecule has 3 aromatic carbocycles. The molecule has 0 unspecified atom stereocenters. The molecule has 5 nitrogen and oxygen atoms in total. The molecule has 0 aliphatic rings. The molecule has 0 fully saturated rings. The van der Waals surface area contributed by atoms with Gasteiger partial charge in [-0.1, -0.05) is 59.6 Å². The van der Waals surface area contributed by atoms with E-state index in [0.717, 1.165) is 11.1 Å². The second-order valence-electron chi connectivity index (χ2n) is 6.77. The van der Waals surface area contributed by atoms with Gasteiger partial charge in [-0.15, -0.1) is 0 Å². The van der Waals surface area contributed by atoms with Gasteiger partial charge in [0.25, 0.3) is 0 Å². The molecule has 3 aromatic rings. The Morgan fingerprint density at radius 1 is 0.933 bits per heavy atom. The van der Waals surface area contributed by atoms with Crippen molar-refractivity contribution in [2.45, 2.75) is 24.3 Å². The summed E-state index contributed by atoms with van der Waals surface area (Å²) in [6, 6.07) is 19.0. The molecular weight excluding hydrogens is 443 g/mol. The topological polar surface area (TPSA) is 75.3 Å². The van der Waals surface area contributed by atoms with Crippen molar-refractivity contribution in [2.24, 2.45) is 0 Å². The second-order valence-corrected chi connectivity index (χ2v) is 9.35. The van der Waals surface area contributed by atoms with E-state index in [0.29, 0.717) is 15.7 Å². The summed E-state index contributed by atoms with van der Waals surface area (Å²) in [5.74, 6) is -0.484. The van der Waals surface area contributed by atoms with Crippen LogP contribution in [0.2, 0.25) is 10.0 Å². The third-order valence-electron chi connectivity index (χ3n) is 4.48. The molecule has 1 atom stereocenters. The van der Waals surface area contributed by atoms with E-state index in [-0.39, 0.29) is 11.3 Å². The van der Waals surface area contributed by atoms with Crippen LogP contribution in [0.3, 0.4) is 0 Å². The van der Waals surface area contributed by atoms with Gasteiger partial charge >= 0.3 is 0 Å². The summed E-state index contributed by atoms with van der Waals surface area (Å²) in [5.41, 5.74) is 2.15. The van der Waals surface area contributed by atoms with Crippen molar-refractivity contribution in [3.05, 3.63) is 94.0 Å². The van der Waals surface area contributed by atoms with Crippen LogP contribution in [0.4, 0.5) is 5.69 Å². The van der Waals surface area contributed by atoms with Gasteiger partial charge in [0.15, 0.2) is 0 Å². The molecule has 30 heavy (non-hydrogen) atoms. The molecular formula is C22H20Cl2N2O3S. The first-order chi connectivity index (χ1) is 14.2. The number of carbonyl (C=O) groups excluding carboxylic acids is 1. The summed E-state index contributed by atoms with van der Waals surface area (Å²) in [6.07, 6.45) is 0.180. The lowest BCUT2D eigenvalue weighted by Crippen LogP contribution is -2.45. The average molecular weight is 463 g/mol. The quantitative estimate of drug-likeness (QED) is 0.527. The van der Waals surface area contributed by atoms with Crippen LogP contribution in [0.1, 0.15) is 11.1 Å². The lowest BCUT2D eigenvalue weighted by atomic mass is 10.1. The van der Waals surface area contributed by atoms with Crippen LogP contribution in [0, 0.1) is 6.92 Å². The van der Waals surface area contributed by atoms with Gasteiger partial charge in [0.1, 0.15) is 6.04 Å². The minimum Gasteiger partial charge on any atom is -0.324 e. The highest BCUT2D eigenvalue weighted by molar-refractivity contribution is 7.89.